The van der Waals surface area contributed by atoms with Crippen molar-refractivity contribution in [3.8, 4) is 0 Å². The maximum absolute atomic E-state index is 13.2. The summed E-state index contributed by atoms with van der Waals surface area (Å²) in [6.07, 6.45) is 0. The van der Waals surface area contributed by atoms with Crippen LogP contribution in [0.25, 0.3) is 0 Å². The minimum atomic E-state index is -3.75. The summed E-state index contributed by atoms with van der Waals surface area (Å²) in [7, 11) is -3.75. The molecule has 0 aromatic heterocycles. The largest absolute Gasteiger partial charge is 0.379 e. The summed E-state index contributed by atoms with van der Waals surface area (Å²) in [5.41, 5.74) is 0.936. The van der Waals surface area contributed by atoms with Crippen molar-refractivity contribution >= 4 is 56.6 Å². The Morgan fingerprint density at radius 1 is 1.21 bits per heavy atom. The number of hydrogen-bond acceptors (Lipinski definition) is 6. The predicted molar refractivity (Wildman–Crippen MR) is 128 cm³/mol. The smallest absolute Gasteiger partial charge is 0.244 e. The summed E-state index contributed by atoms with van der Waals surface area (Å²) < 4.78 is 33.0. The van der Waals surface area contributed by atoms with Crippen LogP contribution in [0.2, 0.25) is 5.02 Å². The van der Waals surface area contributed by atoms with Gasteiger partial charge in [0.2, 0.25) is 21.8 Å². The van der Waals surface area contributed by atoms with Crippen molar-refractivity contribution in [3.05, 3.63) is 47.5 Å². The Morgan fingerprint density at radius 3 is 2.70 bits per heavy atom. The highest BCUT2D eigenvalue weighted by atomic mass is 35.5. The molecule has 1 fully saturated rings. The van der Waals surface area contributed by atoms with Crippen molar-refractivity contribution in [3.63, 3.8) is 0 Å². The van der Waals surface area contributed by atoms with Gasteiger partial charge in [0.15, 0.2) is 0 Å². The standard InChI is InChI=1S/C22H24ClN3O5S2/c1-15-14-32-20-6-5-18(33(29,30)25-7-9-31-10-8-25)12-19(20)26(22(15)28)13-21(27)24-17-4-2-3-16(23)11-17/h2-6,11-12,15H,7-10,13-14H2,1H3,(H,24,27)/t15-/m1/s1. The molecule has 0 spiro atoms. The van der Waals surface area contributed by atoms with Crippen LogP contribution in [0.1, 0.15) is 6.92 Å². The van der Waals surface area contributed by atoms with Gasteiger partial charge in [0.05, 0.1) is 23.8 Å². The number of thioether (sulfide) groups is 1. The van der Waals surface area contributed by atoms with Crippen molar-refractivity contribution in [1.82, 2.24) is 4.31 Å². The van der Waals surface area contributed by atoms with Crippen molar-refractivity contribution in [1.29, 1.82) is 0 Å². The molecule has 0 saturated carbocycles. The zero-order valence-electron chi connectivity index (χ0n) is 18.0. The zero-order chi connectivity index (χ0) is 23.6. The molecule has 2 aliphatic heterocycles. The van der Waals surface area contributed by atoms with Gasteiger partial charge in [0.1, 0.15) is 6.54 Å². The molecule has 2 aliphatic rings. The third kappa shape index (κ3) is 5.36. The van der Waals surface area contributed by atoms with Gasteiger partial charge in [-0.05, 0) is 36.4 Å². The summed E-state index contributed by atoms with van der Waals surface area (Å²) in [4.78, 5) is 28.2. The number of amides is 2. The Hall–Kier alpha value is -2.11. The van der Waals surface area contributed by atoms with Gasteiger partial charge in [0.25, 0.3) is 0 Å². The van der Waals surface area contributed by atoms with Gasteiger partial charge in [0, 0.05) is 40.4 Å². The van der Waals surface area contributed by atoms with E-state index in [0.29, 0.717) is 35.4 Å². The lowest BCUT2D eigenvalue weighted by Crippen LogP contribution is -2.42. The van der Waals surface area contributed by atoms with Gasteiger partial charge in [-0.3, -0.25) is 9.59 Å². The maximum atomic E-state index is 13.2. The van der Waals surface area contributed by atoms with Crippen LogP contribution in [0.5, 0.6) is 0 Å². The molecule has 2 heterocycles. The Kier molecular flexibility index (Phi) is 7.30. The molecule has 11 heteroatoms. The molecular formula is C22H24ClN3O5S2. The summed E-state index contributed by atoms with van der Waals surface area (Å²) >= 11 is 7.46. The molecule has 2 aromatic carbocycles. The first-order chi connectivity index (χ1) is 15.8. The van der Waals surface area contributed by atoms with Crippen LogP contribution in [0.15, 0.2) is 52.3 Å². The number of halogens is 1. The number of benzene rings is 2. The number of rotatable bonds is 5. The van der Waals surface area contributed by atoms with Crippen LogP contribution in [0.3, 0.4) is 0 Å². The van der Waals surface area contributed by atoms with Crippen LogP contribution in [-0.4, -0.2) is 63.1 Å². The second-order valence-electron chi connectivity index (χ2n) is 7.84. The van der Waals surface area contributed by atoms with Crippen molar-refractivity contribution < 1.29 is 22.7 Å². The van der Waals surface area contributed by atoms with Crippen molar-refractivity contribution in [2.45, 2.75) is 16.7 Å². The van der Waals surface area contributed by atoms with Crippen LogP contribution in [0, 0.1) is 5.92 Å². The molecule has 0 unspecified atom stereocenters. The third-order valence-corrected chi connectivity index (χ3v) is 8.87. The number of fused-ring (bicyclic) bond motifs is 1. The van der Waals surface area contributed by atoms with Gasteiger partial charge in [-0.1, -0.05) is 24.6 Å². The number of ether oxygens (including phenoxy) is 1. The van der Waals surface area contributed by atoms with Crippen LogP contribution in [0.4, 0.5) is 11.4 Å². The number of hydrogen-bond donors (Lipinski definition) is 1. The fourth-order valence-electron chi connectivity index (χ4n) is 3.67. The van der Waals surface area contributed by atoms with E-state index in [-0.39, 0.29) is 36.4 Å². The Labute approximate surface area is 202 Å². The molecule has 1 saturated heterocycles. The first kappa shape index (κ1) is 24.0. The summed E-state index contributed by atoms with van der Waals surface area (Å²) in [6.45, 7) is 2.78. The highest BCUT2D eigenvalue weighted by molar-refractivity contribution is 7.99. The fourth-order valence-corrected chi connectivity index (χ4v) is 6.34. The molecule has 0 bridgehead atoms. The van der Waals surface area contributed by atoms with E-state index in [0.717, 1.165) is 4.90 Å². The molecular weight excluding hydrogens is 486 g/mol. The van der Waals surface area contributed by atoms with Gasteiger partial charge in [-0.25, -0.2) is 8.42 Å². The topological polar surface area (TPSA) is 96.0 Å². The normalized spacial score (nSPS) is 19.6. The SMILES string of the molecule is C[C@@H]1CSc2ccc(S(=O)(=O)N3CCOCC3)cc2N(CC(=O)Nc2cccc(Cl)c2)C1=O. The van der Waals surface area contributed by atoms with E-state index in [1.165, 1.54) is 27.0 Å². The van der Waals surface area contributed by atoms with Crippen molar-refractivity contribution in [2.24, 2.45) is 5.92 Å². The molecule has 0 aliphatic carbocycles. The monoisotopic (exact) mass is 509 g/mol. The van der Waals surface area contributed by atoms with Crippen LogP contribution >= 0.6 is 23.4 Å². The predicted octanol–water partition coefficient (Wildman–Crippen LogP) is 3.07. The lowest BCUT2D eigenvalue weighted by Gasteiger charge is -2.27. The number of morpholine rings is 1. The average molecular weight is 510 g/mol. The Morgan fingerprint density at radius 2 is 1.97 bits per heavy atom. The third-order valence-electron chi connectivity index (χ3n) is 5.42. The van der Waals surface area contributed by atoms with E-state index in [9.17, 15) is 18.0 Å². The van der Waals surface area contributed by atoms with E-state index in [1.807, 2.05) is 0 Å². The number of carbonyl (C=O) groups is 2. The minimum absolute atomic E-state index is 0.0892. The van der Waals surface area contributed by atoms with Gasteiger partial charge < -0.3 is 15.0 Å². The van der Waals surface area contributed by atoms with E-state index in [1.54, 1.807) is 43.3 Å². The quantitative estimate of drug-likeness (QED) is 0.665. The molecule has 1 atom stereocenters. The van der Waals surface area contributed by atoms with Gasteiger partial charge in [-0.2, -0.15) is 4.31 Å². The number of nitrogens with zero attached hydrogens (tertiary/aromatic N) is 2. The Bertz CT molecular complexity index is 1170. The summed E-state index contributed by atoms with van der Waals surface area (Å²) in [5, 5.41) is 3.23. The number of anilines is 2. The molecule has 2 amide bonds. The molecule has 33 heavy (non-hydrogen) atoms. The van der Waals surface area contributed by atoms with Crippen LogP contribution in [-0.2, 0) is 24.3 Å². The van der Waals surface area contributed by atoms with E-state index in [2.05, 4.69) is 5.32 Å². The summed E-state index contributed by atoms with van der Waals surface area (Å²) in [6, 6.07) is 11.5. The molecule has 8 nitrogen and oxygen atoms in total. The second kappa shape index (κ2) is 10.0. The first-order valence-corrected chi connectivity index (χ1v) is 13.3. The highest BCUT2D eigenvalue weighted by Crippen LogP contribution is 2.38. The van der Waals surface area contributed by atoms with E-state index in [4.69, 9.17) is 16.3 Å². The number of carbonyl (C=O) groups excluding carboxylic acids is 2. The number of nitrogens with one attached hydrogen (secondary N) is 1. The zero-order valence-corrected chi connectivity index (χ0v) is 20.4. The summed E-state index contributed by atoms with van der Waals surface area (Å²) in [5.74, 6) is -0.436. The Balaban J connectivity index is 1.65. The lowest BCUT2D eigenvalue weighted by molar-refractivity contribution is -0.123. The maximum Gasteiger partial charge on any atom is 0.244 e. The average Bonchev–Trinajstić information content (AvgIpc) is 2.91. The van der Waals surface area contributed by atoms with E-state index < -0.39 is 15.9 Å². The lowest BCUT2D eigenvalue weighted by atomic mass is 10.1. The van der Waals surface area contributed by atoms with Gasteiger partial charge >= 0.3 is 0 Å². The minimum Gasteiger partial charge on any atom is -0.379 e. The molecule has 1 N–H and O–H groups in total. The molecule has 0 radical (unpaired) electrons. The fraction of sp³-hybridized carbons (Fsp3) is 0.364. The van der Waals surface area contributed by atoms with Crippen LogP contribution < -0.4 is 10.2 Å². The van der Waals surface area contributed by atoms with E-state index >= 15 is 0 Å². The highest BCUT2D eigenvalue weighted by Gasteiger charge is 2.32. The molecule has 176 valence electrons. The van der Waals surface area contributed by atoms with Gasteiger partial charge in [-0.15, -0.1) is 11.8 Å². The molecule has 2 aromatic rings. The van der Waals surface area contributed by atoms with Crippen molar-refractivity contribution in [2.75, 3.05) is 48.8 Å². The second-order valence-corrected chi connectivity index (χ2v) is 11.3. The number of sulfonamides is 1. The molecule has 4 rings (SSSR count). The first-order valence-electron chi connectivity index (χ1n) is 10.5.